The zero-order chi connectivity index (χ0) is 14.5. The maximum absolute atomic E-state index is 6.33. The summed E-state index contributed by atoms with van der Waals surface area (Å²) in [6.45, 7) is 6.31. The van der Waals surface area contributed by atoms with Gasteiger partial charge in [-0.05, 0) is 17.7 Å². The molecule has 1 aliphatic rings. The van der Waals surface area contributed by atoms with Gasteiger partial charge in [0.05, 0.1) is 25.3 Å². The highest BCUT2D eigenvalue weighted by atomic mass is 35.5. The fourth-order valence-corrected chi connectivity index (χ4v) is 2.36. The molecule has 1 atom stereocenters. The van der Waals surface area contributed by atoms with E-state index in [1.807, 2.05) is 12.1 Å². The number of methoxy groups -OCH3 is 1. The third kappa shape index (κ3) is 4.01. The highest BCUT2D eigenvalue weighted by molar-refractivity contribution is 6.32. The normalized spacial score (nSPS) is 18.6. The Morgan fingerprint density at radius 2 is 2.25 bits per heavy atom. The monoisotopic (exact) mass is 299 g/mol. The molecule has 4 nitrogen and oxygen atoms in total. The molecule has 1 saturated heterocycles. The van der Waals surface area contributed by atoms with Crippen molar-refractivity contribution < 1.29 is 14.2 Å². The average molecular weight is 300 g/mol. The standard InChI is InChI=1S/C15H22ClNO3/c1-10(2)17-8-11-6-13(16)15(14(7-11)18-3)20-12-4-5-19-9-12/h6-7,10,12,17H,4-5,8-9H2,1-3H3. The molecule has 2 rings (SSSR count). The Balaban J connectivity index is 2.14. The van der Waals surface area contributed by atoms with E-state index in [-0.39, 0.29) is 6.10 Å². The summed E-state index contributed by atoms with van der Waals surface area (Å²) in [5.74, 6) is 1.28. The lowest BCUT2D eigenvalue weighted by Crippen LogP contribution is -2.22. The molecule has 0 aromatic heterocycles. The van der Waals surface area contributed by atoms with Gasteiger partial charge in [0.15, 0.2) is 11.5 Å². The lowest BCUT2D eigenvalue weighted by Gasteiger charge is -2.18. The van der Waals surface area contributed by atoms with Gasteiger partial charge in [-0.25, -0.2) is 0 Å². The molecule has 0 amide bonds. The summed E-state index contributed by atoms with van der Waals surface area (Å²) in [4.78, 5) is 0. The van der Waals surface area contributed by atoms with E-state index >= 15 is 0 Å². The molecule has 0 radical (unpaired) electrons. The molecule has 0 bridgehead atoms. The van der Waals surface area contributed by atoms with Crippen molar-refractivity contribution in [2.45, 2.75) is 39.0 Å². The number of halogens is 1. The van der Waals surface area contributed by atoms with E-state index in [9.17, 15) is 0 Å². The molecule has 1 aliphatic heterocycles. The van der Waals surface area contributed by atoms with Crippen LogP contribution >= 0.6 is 11.6 Å². The minimum absolute atomic E-state index is 0.0565. The number of rotatable bonds is 6. The number of ether oxygens (including phenoxy) is 3. The van der Waals surface area contributed by atoms with Crippen LogP contribution in [0.5, 0.6) is 11.5 Å². The predicted octanol–water partition coefficient (Wildman–Crippen LogP) is 3.01. The largest absolute Gasteiger partial charge is 0.493 e. The molecule has 0 saturated carbocycles. The van der Waals surface area contributed by atoms with Crippen molar-refractivity contribution in [3.8, 4) is 11.5 Å². The van der Waals surface area contributed by atoms with Crippen molar-refractivity contribution in [1.29, 1.82) is 0 Å². The first-order valence-corrected chi connectivity index (χ1v) is 7.32. The first-order valence-electron chi connectivity index (χ1n) is 6.94. The SMILES string of the molecule is COc1cc(CNC(C)C)cc(Cl)c1OC1CCOC1. The Morgan fingerprint density at radius 3 is 2.85 bits per heavy atom. The summed E-state index contributed by atoms with van der Waals surface area (Å²) in [7, 11) is 1.63. The van der Waals surface area contributed by atoms with Crippen molar-refractivity contribution in [2.24, 2.45) is 0 Å². The van der Waals surface area contributed by atoms with Crippen LogP contribution in [0, 0.1) is 0 Å². The third-order valence-corrected chi connectivity index (χ3v) is 3.46. The van der Waals surface area contributed by atoms with E-state index < -0.39 is 0 Å². The van der Waals surface area contributed by atoms with Crippen molar-refractivity contribution in [3.63, 3.8) is 0 Å². The molecule has 1 N–H and O–H groups in total. The van der Waals surface area contributed by atoms with E-state index in [0.29, 0.717) is 29.2 Å². The van der Waals surface area contributed by atoms with Gasteiger partial charge in [0.25, 0.3) is 0 Å². The summed E-state index contributed by atoms with van der Waals surface area (Å²) in [6.07, 6.45) is 0.942. The van der Waals surface area contributed by atoms with Crippen LogP contribution < -0.4 is 14.8 Å². The Bertz CT molecular complexity index is 445. The van der Waals surface area contributed by atoms with Crippen LogP contribution in [-0.4, -0.2) is 32.5 Å². The molecule has 1 aromatic carbocycles. The Labute approximate surface area is 125 Å². The first-order chi connectivity index (χ1) is 9.60. The molecule has 1 heterocycles. The van der Waals surface area contributed by atoms with Crippen molar-refractivity contribution >= 4 is 11.6 Å². The van der Waals surface area contributed by atoms with Gasteiger partial charge >= 0.3 is 0 Å². The topological polar surface area (TPSA) is 39.7 Å². The molecule has 1 fully saturated rings. The summed E-state index contributed by atoms with van der Waals surface area (Å²) < 4.78 is 16.6. The smallest absolute Gasteiger partial charge is 0.180 e. The Hall–Kier alpha value is -0.970. The van der Waals surface area contributed by atoms with Crippen LogP contribution in [0.2, 0.25) is 5.02 Å². The zero-order valence-electron chi connectivity index (χ0n) is 12.2. The number of hydrogen-bond donors (Lipinski definition) is 1. The molecule has 1 unspecified atom stereocenters. The van der Waals surface area contributed by atoms with Crippen molar-refractivity contribution in [3.05, 3.63) is 22.7 Å². The van der Waals surface area contributed by atoms with E-state index in [1.54, 1.807) is 7.11 Å². The average Bonchev–Trinajstić information content (AvgIpc) is 2.91. The van der Waals surface area contributed by atoms with Gasteiger partial charge in [-0.2, -0.15) is 0 Å². The summed E-state index contributed by atoms with van der Waals surface area (Å²) in [5.41, 5.74) is 1.08. The van der Waals surface area contributed by atoms with Crippen molar-refractivity contribution in [2.75, 3.05) is 20.3 Å². The maximum Gasteiger partial charge on any atom is 0.180 e. The van der Waals surface area contributed by atoms with E-state index in [1.165, 1.54) is 0 Å². The van der Waals surface area contributed by atoms with Gasteiger partial charge in [0.1, 0.15) is 6.10 Å². The molecule has 0 aliphatic carbocycles. The van der Waals surface area contributed by atoms with Crippen LogP contribution in [0.15, 0.2) is 12.1 Å². The zero-order valence-corrected chi connectivity index (χ0v) is 13.0. The van der Waals surface area contributed by atoms with Gasteiger partial charge in [-0.3, -0.25) is 0 Å². The van der Waals surface area contributed by atoms with Crippen LogP contribution in [0.25, 0.3) is 0 Å². The molecule has 112 valence electrons. The second-order valence-corrected chi connectivity index (χ2v) is 5.66. The molecular formula is C15H22ClNO3. The number of benzene rings is 1. The number of nitrogens with one attached hydrogen (secondary N) is 1. The summed E-state index contributed by atoms with van der Waals surface area (Å²) in [5, 5.41) is 3.94. The molecular weight excluding hydrogens is 278 g/mol. The lowest BCUT2D eigenvalue weighted by atomic mass is 10.2. The second-order valence-electron chi connectivity index (χ2n) is 5.25. The van der Waals surface area contributed by atoms with Crippen LogP contribution in [0.4, 0.5) is 0 Å². The first kappa shape index (κ1) is 15.4. The highest BCUT2D eigenvalue weighted by Crippen LogP contribution is 2.37. The quantitative estimate of drug-likeness (QED) is 0.876. The Kier molecular flexibility index (Phi) is 5.52. The third-order valence-electron chi connectivity index (χ3n) is 3.18. The highest BCUT2D eigenvalue weighted by Gasteiger charge is 2.21. The van der Waals surface area contributed by atoms with Gasteiger partial charge in [0.2, 0.25) is 0 Å². The van der Waals surface area contributed by atoms with E-state index in [2.05, 4.69) is 19.2 Å². The number of hydrogen-bond acceptors (Lipinski definition) is 4. The maximum atomic E-state index is 6.33. The van der Waals surface area contributed by atoms with Gasteiger partial charge in [0, 0.05) is 19.0 Å². The van der Waals surface area contributed by atoms with Gasteiger partial charge in [-0.15, -0.1) is 0 Å². The summed E-state index contributed by atoms with van der Waals surface area (Å²) in [6, 6.07) is 4.31. The van der Waals surface area contributed by atoms with Gasteiger partial charge < -0.3 is 19.5 Å². The predicted molar refractivity (Wildman–Crippen MR) is 79.8 cm³/mol. The van der Waals surface area contributed by atoms with Crippen LogP contribution in [0.3, 0.4) is 0 Å². The molecule has 5 heteroatoms. The lowest BCUT2D eigenvalue weighted by molar-refractivity contribution is 0.138. The Morgan fingerprint density at radius 1 is 1.45 bits per heavy atom. The van der Waals surface area contributed by atoms with Crippen LogP contribution in [0.1, 0.15) is 25.8 Å². The fraction of sp³-hybridized carbons (Fsp3) is 0.600. The second kappa shape index (κ2) is 7.16. The van der Waals surface area contributed by atoms with Gasteiger partial charge in [-0.1, -0.05) is 25.4 Å². The molecule has 0 spiro atoms. The minimum Gasteiger partial charge on any atom is -0.493 e. The minimum atomic E-state index is 0.0565. The van der Waals surface area contributed by atoms with E-state index in [0.717, 1.165) is 25.1 Å². The summed E-state index contributed by atoms with van der Waals surface area (Å²) >= 11 is 6.33. The van der Waals surface area contributed by atoms with E-state index in [4.69, 9.17) is 25.8 Å². The molecule has 20 heavy (non-hydrogen) atoms. The van der Waals surface area contributed by atoms with Crippen molar-refractivity contribution in [1.82, 2.24) is 5.32 Å². The van der Waals surface area contributed by atoms with Crippen LogP contribution in [-0.2, 0) is 11.3 Å². The molecule has 1 aromatic rings. The fourth-order valence-electron chi connectivity index (χ4n) is 2.08.